The maximum Gasteiger partial charge on any atom is 0.173 e. The van der Waals surface area contributed by atoms with Gasteiger partial charge in [-0.1, -0.05) is 6.42 Å². The van der Waals surface area contributed by atoms with Crippen molar-refractivity contribution in [2.24, 2.45) is 0 Å². The molecule has 0 aliphatic heterocycles. The summed E-state index contributed by atoms with van der Waals surface area (Å²) in [6.07, 6.45) is 3.72. The van der Waals surface area contributed by atoms with Crippen LogP contribution in [0, 0.1) is 6.92 Å². The summed E-state index contributed by atoms with van der Waals surface area (Å²) in [5.74, 6) is 3.26. The molecule has 0 amide bonds. The maximum absolute atomic E-state index is 4.63. The molecule has 20 heavy (non-hydrogen) atoms. The van der Waals surface area contributed by atoms with E-state index >= 15 is 0 Å². The quantitative estimate of drug-likeness (QED) is 0.851. The van der Waals surface area contributed by atoms with Crippen LogP contribution in [0.15, 0.2) is 0 Å². The number of aromatic nitrogens is 7. The highest BCUT2D eigenvalue weighted by atomic mass is 15.6. The Morgan fingerprint density at radius 2 is 2.00 bits per heavy atom. The van der Waals surface area contributed by atoms with Crippen LogP contribution in [-0.4, -0.2) is 35.0 Å². The topological polar surface area (TPSA) is 74.3 Å². The number of tetrazole rings is 1. The highest BCUT2D eigenvalue weighted by molar-refractivity contribution is 5.03. The molecule has 2 heterocycles. The van der Waals surface area contributed by atoms with Crippen LogP contribution in [0.3, 0.4) is 0 Å². The van der Waals surface area contributed by atoms with Crippen molar-refractivity contribution in [1.82, 2.24) is 35.0 Å². The van der Waals surface area contributed by atoms with Gasteiger partial charge >= 0.3 is 0 Å². The molecule has 0 atom stereocenters. The summed E-state index contributed by atoms with van der Waals surface area (Å²) in [5, 5.41) is 16.6. The minimum atomic E-state index is -0.135. The summed E-state index contributed by atoms with van der Waals surface area (Å²) in [6, 6.07) is 0. The smallest absolute Gasteiger partial charge is 0.173 e. The molecule has 0 unspecified atom stereocenters. The second-order valence-corrected chi connectivity index (χ2v) is 6.48. The van der Waals surface area contributed by atoms with Gasteiger partial charge in [0, 0.05) is 5.92 Å². The van der Waals surface area contributed by atoms with E-state index in [1.807, 2.05) is 16.3 Å². The van der Waals surface area contributed by atoms with Crippen LogP contribution >= 0.6 is 0 Å². The lowest BCUT2D eigenvalue weighted by Gasteiger charge is -2.21. The van der Waals surface area contributed by atoms with Crippen LogP contribution < -0.4 is 0 Å². The van der Waals surface area contributed by atoms with Crippen molar-refractivity contribution in [3.8, 4) is 0 Å². The van der Waals surface area contributed by atoms with Crippen LogP contribution in [0.2, 0.25) is 0 Å². The number of hydrogen-bond donors (Lipinski definition) is 0. The van der Waals surface area contributed by atoms with E-state index in [0.29, 0.717) is 12.5 Å². The summed E-state index contributed by atoms with van der Waals surface area (Å²) < 4.78 is 3.75. The molecule has 0 bridgehead atoms. The predicted molar refractivity (Wildman–Crippen MR) is 73.3 cm³/mol. The average Bonchev–Trinajstić information content (AvgIpc) is 2.84. The van der Waals surface area contributed by atoms with Crippen LogP contribution in [-0.2, 0) is 12.1 Å². The molecule has 2 aromatic heterocycles. The molecule has 3 rings (SSSR count). The second-order valence-electron chi connectivity index (χ2n) is 6.48. The summed E-state index contributed by atoms with van der Waals surface area (Å²) in [6.45, 7) is 8.80. The van der Waals surface area contributed by atoms with Crippen LogP contribution in [0.5, 0.6) is 0 Å². The van der Waals surface area contributed by atoms with Crippen molar-refractivity contribution in [2.75, 3.05) is 0 Å². The fourth-order valence-electron chi connectivity index (χ4n) is 2.39. The van der Waals surface area contributed by atoms with Crippen LogP contribution in [0.4, 0.5) is 0 Å². The Hall–Kier alpha value is -1.79. The first-order valence-electron chi connectivity index (χ1n) is 7.14. The molecule has 0 saturated heterocycles. The van der Waals surface area contributed by atoms with Crippen LogP contribution in [0.25, 0.3) is 0 Å². The molecular formula is C13H21N7. The molecule has 0 aromatic carbocycles. The normalized spacial score (nSPS) is 16.4. The van der Waals surface area contributed by atoms with Gasteiger partial charge in [-0.2, -0.15) is 5.10 Å². The molecular weight excluding hydrogens is 254 g/mol. The monoisotopic (exact) mass is 275 g/mol. The van der Waals surface area contributed by atoms with Crippen molar-refractivity contribution in [3.63, 3.8) is 0 Å². The van der Waals surface area contributed by atoms with Crippen molar-refractivity contribution in [1.29, 1.82) is 0 Å². The van der Waals surface area contributed by atoms with Crippen molar-refractivity contribution in [2.45, 2.75) is 65.0 Å². The third kappa shape index (κ3) is 2.32. The maximum atomic E-state index is 4.63. The van der Waals surface area contributed by atoms with Gasteiger partial charge in [-0.05, 0) is 51.0 Å². The third-order valence-corrected chi connectivity index (χ3v) is 3.80. The standard InChI is InChI=1S/C13H21N7/c1-9-14-12(10-6-5-7-10)16-19(9)8-11-15-17-18-20(11)13(2,3)4/h10H,5-8H2,1-4H3. The lowest BCUT2D eigenvalue weighted by molar-refractivity contribution is 0.330. The van der Waals surface area contributed by atoms with Crippen molar-refractivity contribution < 1.29 is 0 Å². The highest BCUT2D eigenvalue weighted by Crippen LogP contribution is 2.34. The molecule has 1 fully saturated rings. The van der Waals surface area contributed by atoms with E-state index in [1.54, 1.807) is 0 Å². The first-order valence-corrected chi connectivity index (χ1v) is 7.14. The lowest BCUT2D eigenvalue weighted by Crippen LogP contribution is -2.27. The first kappa shape index (κ1) is 13.2. The summed E-state index contributed by atoms with van der Waals surface area (Å²) in [4.78, 5) is 4.58. The van der Waals surface area contributed by atoms with Gasteiger partial charge in [0.25, 0.3) is 0 Å². The van der Waals surface area contributed by atoms with Crippen molar-refractivity contribution in [3.05, 3.63) is 17.5 Å². The van der Waals surface area contributed by atoms with Gasteiger partial charge in [-0.3, -0.25) is 0 Å². The summed E-state index contributed by atoms with van der Waals surface area (Å²) >= 11 is 0. The largest absolute Gasteiger partial charge is 0.242 e. The predicted octanol–water partition coefficient (Wildman–Crippen LogP) is 1.64. The van der Waals surface area contributed by atoms with Gasteiger partial charge in [0.15, 0.2) is 11.6 Å². The van der Waals surface area contributed by atoms with Gasteiger partial charge in [0.05, 0.1) is 5.54 Å². The Labute approximate surface area is 118 Å². The molecule has 1 aliphatic carbocycles. The number of rotatable bonds is 3. The van der Waals surface area contributed by atoms with Gasteiger partial charge in [0.1, 0.15) is 12.4 Å². The minimum Gasteiger partial charge on any atom is -0.242 e. The van der Waals surface area contributed by atoms with Gasteiger partial charge in [-0.25, -0.2) is 14.3 Å². The molecule has 1 aliphatic rings. The number of nitrogens with zero attached hydrogens (tertiary/aromatic N) is 7. The van der Waals surface area contributed by atoms with E-state index in [0.717, 1.165) is 17.5 Å². The molecule has 7 heteroatoms. The highest BCUT2D eigenvalue weighted by Gasteiger charge is 2.25. The third-order valence-electron chi connectivity index (χ3n) is 3.80. The van der Waals surface area contributed by atoms with E-state index < -0.39 is 0 Å². The second kappa shape index (κ2) is 4.64. The van der Waals surface area contributed by atoms with E-state index in [2.05, 4.69) is 46.4 Å². The van der Waals surface area contributed by atoms with Gasteiger partial charge in [0.2, 0.25) is 0 Å². The SMILES string of the molecule is Cc1nc(C2CCC2)nn1Cc1nnnn1C(C)(C)C. The van der Waals surface area contributed by atoms with E-state index in [4.69, 9.17) is 0 Å². The fourth-order valence-corrected chi connectivity index (χ4v) is 2.39. The fraction of sp³-hybridized carbons (Fsp3) is 0.769. The number of aryl methyl sites for hydroxylation is 1. The molecule has 2 aromatic rings. The zero-order valence-corrected chi connectivity index (χ0v) is 12.5. The van der Waals surface area contributed by atoms with E-state index in [-0.39, 0.29) is 5.54 Å². The zero-order chi connectivity index (χ0) is 14.3. The summed E-state index contributed by atoms with van der Waals surface area (Å²) in [7, 11) is 0. The number of hydrogen-bond acceptors (Lipinski definition) is 5. The molecule has 0 radical (unpaired) electrons. The van der Waals surface area contributed by atoms with Gasteiger partial charge in [-0.15, -0.1) is 5.10 Å². The Kier molecular flexibility index (Phi) is 3.07. The minimum absolute atomic E-state index is 0.135. The zero-order valence-electron chi connectivity index (χ0n) is 12.5. The average molecular weight is 275 g/mol. The van der Waals surface area contributed by atoms with E-state index in [1.165, 1.54) is 19.3 Å². The molecule has 7 nitrogen and oxygen atoms in total. The van der Waals surface area contributed by atoms with Gasteiger partial charge < -0.3 is 0 Å². The van der Waals surface area contributed by atoms with Crippen LogP contribution in [0.1, 0.15) is 63.4 Å². The van der Waals surface area contributed by atoms with Crippen molar-refractivity contribution >= 4 is 0 Å². The molecule has 0 N–H and O–H groups in total. The molecule has 108 valence electrons. The Morgan fingerprint density at radius 1 is 1.25 bits per heavy atom. The Morgan fingerprint density at radius 3 is 2.60 bits per heavy atom. The molecule has 1 saturated carbocycles. The Bertz CT molecular complexity index is 601. The lowest BCUT2D eigenvalue weighted by atomic mass is 9.85. The first-order chi connectivity index (χ1) is 9.45. The van der Waals surface area contributed by atoms with E-state index in [9.17, 15) is 0 Å². The summed E-state index contributed by atoms with van der Waals surface area (Å²) in [5.41, 5.74) is -0.135. The Balaban J connectivity index is 1.84. The molecule has 0 spiro atoms.